The van der Waals surface area contributed by atoms with Crippen LogP contribution < -0.4 is 5.32 Å². The zero-order valence-electron chi connectivity index (χ0n) is 12.0. The highest BCUT2D eigenvalue weighted by Gasteiger charge is 2.31. The molecule has 0 atom stereocenters. The van der Waals surface area contributed by atoms with Crippen molar-refractivity contribution in [3.8, 4) is 0 Å². The molecule has 1 N–H and O–H groups in total. The molecule has 0 bridgehead atoms. The van der Waals surface area contributed by atoms with E-state index >= 15 is 0 Å². The summed E-state index contributed by atoms with van der Waals surface area (Å²) in [6.45, 7) is 9.13. The largest absolute Gasteiger partial charge is 0.401 e. The van der Waals surface area contributed by atoms with Crippen LogP contribution in [0.3, 0.4) is 0 Å². The highest BCUT2D eigenvalue weighted by Crippen LogP contribution is 2.17. The fraction of sp³-hybridized carbons (Fsp3) is 1.00. The lowest BCUT2D eigenvalue weighted by Gasteiger charge is -2.34. The molecule has 0 saturated carbocycles. The van der Waals surface area contributed by atoms with E-state index in [2.05, 4.69) is 24.1 Å². The van der Waals surface area contributed by atoms with Gasteiger partial charge in [-0.25, -0.2) is 0 Å². The zero-order valence-corrected chi connectivity index (χ0v) is 12.0. The number of halogens is 3. The maximum Gasteiger partial charge on any atom is 0.401 e. The first-order valence-corrected chi connectivity index (χ1v) is 7.09. The van der Waals surface area contributed by atoms with Crippen LogP contribution in [0.25, 0.3) is 0 Å². The molecule has 0 aromatic carbocycles. The van der Waals surface area contributed by atoms with E-state index in [4.69, 9.17) is 0 Å². The molecule has 1 aliphatic heterocycles. The van der Waals surface area contributed by atoms with E-state index in [1.165, 1.54) is 4.90 Å². The molecule has 114 valence electrons. The number of hydrogen-bond acceptors (Lipinski definition) is 3. The predicted molar refractivity (Wildman–Crippen MR) is 71.3 cm³/mol. The maximum absolute atomic E-state index is 12.2. The molecule has 3 nitrogen and oxygen atoms in total. The zero-order chi connectivity index (χ0) is 14.3. The maximum atomic E-state index is 12.2. The lowest BCUT2D eigenvalue weighted by atomic mass is 10.2. The molecule has 0 aliphatic carbocycles. The van der Waals surface area contributed by atoms with Crippen LogP contribution in [0, 0.1) is 5.92 Å². The number of hydrogen-bond donors (Lipinski definition) is 1. The topological polar surface area (TPSA) is 18.5 Å². The highest BCUT2D eigenvalue weighted by atomic mass is 19.4. The number of alkyl halides is 3. The van der Waals surface area contributed by atoms with Crippen molar-refractivity contribution in [3.05, 3.63) is 0 Å². The van der Waals surface area contributed by atoms with Crippen LogP contribution in [0.15, 0.2) is 0 Å². The molecule has 0 aromatic rings. The second-order valence-corrected chi connectivity index (χ2v) is 5.68. The summed E-state index contributed by atoms with van der Waals surface area (Å²) in [7, 11) is 0. The molecule has 1 fully saturated rings. The summed E-state index contributed by atoms with van der Waals surface area (Å²) in [6.07, 6.45) is -3.01. The van der Waals surface area contributed by atoms with Gasteiger partial charge in [-0.1, -0.05) is 13.8 Å². The molecule has 0 radical (unpaired) electrons. The van der Waals surface area contributed by atoms with E-state index in [9.17, 15) is 13.2 Å². The Labute approximate surface area is 114 Å². The van der Waals surface area contributed by atoms with Gasteiger partial charge in [0.15, 0.2) is 0 Å². The van der Waals surface area contributed by atoms with Gasteiger partial charge in [0.1, 0.15) is 0 Å². The van der Waals surface area contributed by atoms with Gasteiger partial charge >= 0.3 is 6.18 Å². The minimum atomic E-state index is -4.07. The summed E-state index contributed by atoms with van der Waals surface area (Å²) < 4.78 is 36.7. The monoisotopic (exact) mass is 281 g/mol. The molecule has 1 saturated heterocycles. The molecule has 1 heterocycles. The van der Waals surface area contributed by atoms with Crippen molar-refractivity contribution in [1.29, 1.82) is 0 Å². The van der Waals surface area contributed by atoms with Gasteiger partial charge in [-0.15, -0.1) is 0 Å². The Morgan fingerprint density at radius 3 is 2.16 bits per heavy atom. The fourth-order valence-corrected chi connectivity index (χ4v) is 2.24. The van der Waals surface area contributed by atoms with E-state index in [0.717, 1.165) is 39.1 Å². The van der Waals surface area contributed by atoms with Crippen LogP contribution in [0.2, 0.25) is 0 Å². The average Bonchev–Trinajstić information content (AvgIpc) is 2.28. The van der Waals surface area contributed by atoms with Crippen molar-refractivity contribution in [2.45, 2.75) is 26.4 Å². The molecule has 0 spiro atoms. The normalized spacial score (nSPS) is 19.3. The van der Waals surface area contributed by atoms with Crippen LogP contribution in [-0.4, -0.2) is 68.3 Å². The highest BCUT2D eigenvalue weighted by molar-refractivity contribution is 4.74. The third-order valence-corrected chi connectivity index (χ3v) is 3.25. The molecular formula is C13H26F3N3. The lowest BCUT2D eigenvalue weighted by Crippen LogP contribution is -2.49. The number of nitrogens with one attached hydrogen (secondary N) is 1. The molecule has 0 aromatic heterocycles. The Balaban J connectivity index is 2.04. The van der Waals surface area contributed by atoms with Gasteiger partial charge in [-0.05, 0) is 32.0 Å². The lowest BCUT2D eigenvalue weighted by molar-refractivity contribution is -0.149. The first-order valence-electron chi connectivity index (χ1n) is 7.09. The predicted octanol–water partition coefficient (Wildman–Crippen LogP) is 1.80. The van der Waals surface area contributed by atoms with Crippen molar-refractivity contribution < 1.29 is 13.2 Å². The molecule has 1 rings (SSSR count). The van der Waals surface area contributed by atoms with E-state index < -0.39 is 12.7 Å². The second kappa shape index (κ2) is 8.07. The Hall–Kier alpha value is -0.330. The smallest absolute Gasteiger partial charge is 0.316 e. The third-order valence-electron chi connectivity index (χ3n) is 3.25. The van der Waals surface area contributed by atoms with Crippen LogP contribution in [0.1, 0.15) is 20.3 Å². The van der Waals surface area contributed by atoms with Crippen molar-refractivity contribution in [1.82, 2.24) is 15.1 Å². The van der Waals surface area contributed by atoms with Gasteiger partial charge < -0.3 is 10.2 Å². The van der Waals surface area contributed by atoms with Gasteiger partial charge in [0, 0.05) is 26.2 Å². The molecule has 1 aliphatic rings. The molecule has 6 heteroatoms. The van der Waals surface area contributed by atoms with Gasteiger partial charge in [0.2, 0.25) is 0 Å². The number of piperazine rings is 1. The van der Waals surface area contributed by atoms with Crippen molar-refractivity contribution >= 4 is 0 Å². The van der Waals surface area contributed by atoms with Crippen LogP contribution >= 0.6 is 0 Å². The minimum Gasteiger partial charge on any atom is -0.316 e. The standard InChI is InChI=1S/C13H26F3N3/c1-12(2)10-17-4-3-5-18-6-8-19(9-7-18)11-13(14,15)16/h12,17H,3-11H2,1-2H3. The molecular weight excluding hydrogens is 255 g/mol. The van der Waals surface area contributed by atoms with Gasteiger partial charge in [-0.2, -0.15) is 13.2 Å². The first-order chi connectivity index (χ1) is 8.87. The van der Waals surface area contributed by atoms with Crippen LogP contribution in [-0.2, 0) is 0 Å². The first kappa shape index (κ1) is 16.7. The molecule has 0 unspecified atom stereocenters. The Morgan fingerprint density at radius 1 is 1.05 bits per heavy atom. The van der Waals surface area contributed by atoms with Crippen LogP contribution in [0.5, 0.6) is 0 Å². The van der Waals surface area contributed by atoms with E-state index in [0.29, 0.717) is 19.0 Å². The summed E-state index contributed by atoms with van der Waals surface area (Å²) in [5.74, 6) is 0.658. The van der Waals surface area contributed by atoms with E-state index in [1.54, 1.807) is 0 Å². The summed E-state index contributed by atoms with van der Waals surface area (Å²) in [5.41, 5.74) is 0. The van der Waals surface area contributed by atoms with Crippen LogP contribution in [0.4, 0.5) is 13.2 Å². The summed E-state index contributed by atoms with van der Waals surface area (Å²) in [6, 6.07) is 0. The number of nitrogens with zero attached hydrogens (tertiary/aromatic N) is 2. The summed E-state index contributed by atoms with van der Waals surface area (Å²) in [5, 5.41) is 3.38. The van der Waals surface area contributed by atoms with Crippen molar-refractivity contribution in [2.75, 3.05) is 52.4 Å². The fourth-order valence-electron chi connectivity index (χ4n) is 2.24. The quantitative estimate of drug-likeness (QED) is 0.718. The summed E-state index contributed by atoms with van der Waals surface area (Å²) in [4.78, 5) is 3.75. The Morgan fingerprint density at radius 2 is 1.63 bits per heavy atom. The van der Waals surface area contributed by atoms with E-state index in [-0.39, 0.29) is 0 Å². The van der Waals surface area contributed by atoms with Gasteiger partial charge in [0.25, 0.3) is 0 Å². The second-order valence-electron chi connectivity index (χ2n) is 5.68. The Bertz CT molecular complexity index is 236. The minimum absolute atomic E-state index is 0.527. The average molecular weight is 281 g/mol. The molecule has 19 heavy (non-hydrogen) atoms. The number of rotatable bonds is 7. The van der Waals surface area contributed by atoms with E-state index in [1.807, 2.05) is 0 Å². The summed E-state index contributed by atoms with van der Waals surface area (Å²) >= 11 is 0. The third kappa shape index (κ3) is 8.44. The van der Waals surface area contributed by atoms with Crippen molar-refractivity contribution in [3.63, 3.8) is 0 Å². The van der Waals surface area contributed by atoms with Crippen molar-refractivity contribution in [2.24, 2.45) is 5.92 Å². The Kier molecular flexibility index (Phi) is 7.10. The van der Waals surface area contributed by atoms with Gasteiger partial charge in [-0.3, -0.25) is 4.90 Å². The SMILES string of the molecule is CC(C)CNCCCN1CCN(CC(F)(F)F)CC1. The van der Waals surface area contributed by atoms with Gasteiger partial charge in [0.05, 0.1) is 6.54 Å². The molecule has 0 amide bonds.